The van der Waals surface area contributed by atoms with E-state index in [9.17, 15) is 4.79 Å². The van der Waals surface area contributed by atoms with Crippen molar-refractivity contribution in [3.63, 3.8) is 0 Å². The van der Waals surface area contributed by atoms with Crippen molar-refractivity contribution in [3.8, 4) is 0 Å². The number of carbonyl (C=O) groups excluding carboxylic acids is 1. The van der Waals surface area contributed by atoms with Crippen LogP contribution in [0, 0.1) is 5.92 Å². The Hall–Kier alpha value is -0.280. The van der Waals surface area contributed by atoms with Gasteiger partial charge in [-0.05, 0) is 25.7 Å². The molecule has 0 aliphatic carbocycles. The fraction of sp³-hybridized carbons (Fsp3) is 0.923. The molecule has 0 spiro atoms. The van der Waals surface area contributed by atoms with E-state index in [1.54, 1.807) is 0 Å². The lowest BCUT2D eigenvalue weighted by Crippen LogP contribution is -2.49. The van der Waals surface area contributed by atoms with Crippen molar-refractivity contribution in [1.82, 2.24) is 5.32 Å². The van der Waals surface area contributed by atoms with Crippen LogP contribution in [0.3, 0.4) is 0 Å². The molecule has 1 fully saturated rings. The normalized spacial score (nSPS) is 25.3. The molecule has 1 amide bonds. The van der Waals surface area contributed by atoms with Gasteiger partial charge in [-0.15, -0.1) is 11.6 Å². The van der Waals surface area contributed by atoms with E-state index in [1.807, 2.05) is 6.92 Å². The number of rotatable bonds is 5. The standard InChI is InChI=1S/C13H24ClNO2/c1-4-13(5-2)8-11(6-7-17-13)15-12(16)10(3)9-14/h10-11H,4-9H2,1-3H3,(H,15,16). The van der Waals surface area contributed by atoms with Crippen molar-refractivity contribution in [2.75, 3.05) is 12.5 Å². The van der Waals surface area contributed by atoms with Crippen molar-refractivity contribution in [2.45, 2.75) is 58.1 Å². The van der Waals surface area contributed by atoms with Crippen LogP contribution in [0.5, 0.6) is 0 Å². The number of nitrogens with one attached hydrogen (secondary N) is 1. The first-order valence-electron chi connectivity index (χ1n) is 6.57. The van der Waals surface area contributed by atoms with Gasteiger partial charge in [0.25, 0.3) is 0 Å². The van der Waals surface area contributed by atoms with Crippen LogP contribution in [0.1, 0.15) is 46.5 Å². The smallest absolute Gasteiger partial charge is 0.224 e. The zero-order valence-corrected chi connectivity index (χ0v) is 11.8. The average Bonchev–Trinajstić information content (AvgIpc) is 2.37. The summed E-state index contributed by atoms with van der Waals surface area (Å²) in [5.41, 5.74) is -0.0413. The van der Waals surface area contributed by atoms with Crippen molar-refractivity contribution in [2.24, 2.45) is 5.92 Å². The van der Waals surface area contributed by atoms with E-state index in [4.69, 9.17) is 16.3 Å². The second kappa shape index (κ2) is 6.60. The maximum absolute atomic E-state index is 11.8. The van der Waals surface area contributed by atoms with Crippen molar-refractivity contribution in [3.05, 3.63) is 0 Å². The Kier molecular flexibility index (Phi) is 5.74. The van der Waals surface area contributed by atoms with Crippen molar-refractivity contribution < 1.29 is 9.53 Å². The zero-order chi connectivity index (χ0) is 12.9. The summed E-state index contributed by atoms with van der Waals surface area (Å²) < 4.78 is 5.89. The topological polar surface area (TPSA) is 38.3 Å². The molecular weight excluding hydrogens is 238 g/mol. The van der Waals surface area contributed by atoms with E-state index in [0.29, 0.717) is 5.88 Å². The molecule has 1 aliphatic rings. The van der Waals surface area contributed by atoms with E-state index in [2.05, 4.69) is 19.2 Å². The molecule has 1 aliphatic heterocycles. The highest BCUT2D eigenvalue weighted by atomic mass is 35.5. The summed E-state index contributed by atoms with van der Waals surface area (Å²) in [4.78, 5) is 11.8. The molecule has 0 aromatic rings. The SMILES string of the molecule is CCC1(CC)CC(NC(=O)C(C)CCl)CCO1. The Morgan fingerprint density at radius 3 is 2.71 bits per heavy atom. The van der Waals surface area contributed by atoms with Gasteiger partial charge in [0.05, 0.1) is 5.60 Å². The Labute approximate surface area is 109 Å². The fourth-order valence-electron chi connectivity index (χ4n) is 2.31. The number of alkyl halides is 1. The summed E-state index contributed by atoms with van der Waals surface area (Å²) in [7, 11) is 0. The maximum Gasteiger partial charge on any atom is 0.224 e. The average molecular weight is 262 g/mol. The minimum Gasteiger partial charge on any atom is -0.375 e. The van der Waals surface area contributed by atoms with Gasteiger partial charge in [0.2, 0.25) is 5.91 Å². The van der Waals surface area contributed by atoms with Crippen LogP contribution in [0.4, 0.5) is 0 Å². The Morgan fingerprint density at radius 2 is 2.18 bits per heavy atom. The largest absolute Gasteiger partial charge is 0.375 e. The number of halogens is 1. The lowest BCUT2D eigenvalue weighted by atomic mass is 9.86. The third kappa shape index (κ3) is 3.85. The fourth-order valence-corrected chi connectivity index (χ4v) is 2.45. The molecule has 0 aromatic heterocycles. The number of hydrogen-bond donors (Lipinski definition) is 1. The summed E-state index contributed by atoms with van der Waals surface area (Å²) in [6, 6.07) is 0.238. The minimum atomic E-state index is -0.114. The molecule has 0 saturated carbocycles. The van der Waals surface area contributed by atoms with Gasteiger partial charge < -0.3 is 10.1 Å². The van der Waals surface area contributed by atoms with Gasteiger partial charge in [0.1, 0.15) is 0 Å². The molecule has 0 aromatic carbocycles. The molecule has 3 nitrogen and oxygen atoms in total. The van der Waals surface area contributed by atoms with E-state index >= 15 is 0 Å². The van der Waals surface area contributed by atoms with Gasteiger partial charge in [0, 0.05) is 24.4 Å². The van der Waals surface area contributed by atoms with E-state index in [0.717, 1.165) is 32.3 Å². The van der Waals surface area contributed by atoms with Gasteiger partial charge in [-0.1, -0.05) is 20.8 Å². The first kappa shape index (κ1) is 14.8. The Bertz CT molecular complexity index is 254. The summed E-state index contributed by atoms with van der Waals surface area (Å²) in [6.45, 7) is 6.89. The van der Waals surface area contributed by atoms with E-state index in [1.165, 1.54) is 0 Å². The highest BCUT2D eigenvalue weighted by Gasteiger charge is 2.35. The molecule has 1 saturated heterocycles. The lowest BCUT2D eigenvalue weighted by molar-refractivity contribution is -0.128. The third-order valence-corrected chi connectivity index (χ3v) is 4.27. The van der Waals surface area contributed by atoms with E-state index in [-0.39, 0.29) is 23.5 Å². The van der Waals surface area contributed by atoms with Crippen molar-refractivity contribution >= 4 is 17.5 Å². The van der Waals surface area contributed by atoms with E-state index < -0.39 is 0 Å². The monoisotopic (exact) mass is 261 g/mol. The second-order valence-corrected chi connectivity index (χ2v) is 5.30. The molecule has 0 bridgehead atoms. The summed E-state index contributed by atoms with van der Waals surface area (Å²) >= 11 is 5.69. The molecule has 1 heterocycles. The third-order valence-electron chi connectivity index (χ3n) is 3.81. The summed E-state index contributed by atoms with van der Waals surface area (Å²) in [6.07, 6.45) is 3.82. The van der Waals surface area contributed by atoms with Crippen molar-refractivity contribution in [1.29, 1.82) is 0 Å². The van der Waals surface area contributed by atoms with Crippen LogP contribution in [-0.4, -0.2) is 30.0 Å². The molecule has 4 heteroatoms. The van der Waals surface area contributed by atoms with Crippen LogP contribution >= 0.6 is 11.6 Å². The quantitative estimate of drug-likeness (QED) is 0.773. The molecular formula is C13H24ClNO2. The predicted molar refractivity (Wildman–Crippen MR) is 70.3 cm³/mol. The molecule has 1 N–H and O–H groups in total. The lowest BCUT2D eigenvalue weighted by Gasteiger charge is -2.40. The number of carbonyl (C=O) groups is 1. The highest BCUT2D eigenvalue weighted by molar-refractivity contribution is 6.19. The van der Waals surface area contributed by atoms with Gasteiger partial charge in [0.15, 0.2) is 0 Å². The van der Waals surface area contributed by atoms with Gasteiger partial charge in [-0.2, -0.15) is 0 Å². The van der Waals surface area contributed by atoms with Gasteiger partial charge in [-0.3, -0.25) is 4.79 Å². The van der Waals surface area contributed by atoms with Gasteiger partial charge >= 0.3 is 0 Å². The van der Waals surface area contributed by atoms with Crippen LogP contribution in [0.2, 0.25) is 0 Å². The minimum absolute atomic E-state index is 0.0413. The van der Waals surface area contributed by atoms with Gasteiger partial charge in [-0.25, -0.2) is 0 Å². The molecule has 1 rings (SSSR count). The molecule has 17 heavy (non-hydrogen) atoms. The summed E-state index contributed by atoms with van der Waals surface area (Å²) in [5, 5.41) is 3.09. The number of ether oxygens (including phenoxy) is 1. The predicted octanol–water partition coefficient (Wildman–Crippen LogP) is 2.72. The molecule has 0 radical (unpaired) electrons. The summed E-state index contributed by atoms with van der Waals surface area (Å²) in [5.74, 6) is 0.326. The molecule has 2 atom stereocenters. The Morgan fingerprint density at radius 1 is 1.53 bits per heavy atom. The molecule has 100 valence electrons. The zero-order valence-electron chi connectivity index (χ0n) is 11.1. The first-order chi connectivity index (χ1) is 8.06. The molecule has 2 unspecified atom stereocenters. The van der Waals surface area contributed by atoms with Crippen LogP contribution in [0.15, 0.2) is 0 Å². The highest BCUT2D eigenvalue weighted by Crippen LogP contribution is 2.31. The number of amides is 1. The van der Waals surface area contributed by atoms with Crippen LogP contribution < -0.4 is 5.32 Å². The van der Waals surface area contributed by atoms with Crippen LogP contribution in [0.25, 0.3) is 0 Å². The maximum atomic E-state index is 11.8. The second-order valence-electron chi connectivity index (χ2n) is 4.99. The number of hydrogen-bond acceptors (Lipinski definition) is 2. The Balaban J connectivity index is 2.52. The van der Waals surface area contributed by atoms with Crippen LogP contribution in [-0.2, 0) is 9.53 Å². The first-order valence-corrected chi connectivity index (χ1v) is 7.10.